The van der Waals surface area contributed by atoms with Gasteiger partial charge in [-0.15, -0.1) is 0 Å². The summed E-state index contributed by atoms with van der Waals surface area (Å²) in [6, 6.07) is 8.84. The molecular formula is C13H11FO2. The topological polar surface area (TPSA) is 40.5 Å². The number of phenolic OH excluding ortho intramolecular Hbond substituents is 2. The largest absolute Gasteiger partial charge is 0.508 e. The molecule has 2 rings (SSSR count). The van der Waals surface area contributed by atoms with Crippen LogP contribution in [0.5, 0.6) is 11.5 Å². The van der Waals surface area contributed by atoms with Gasteiger partial charge in [0.2, 0.25) is 0 Å². The summed E-state index contributed by atoms with van der Waals surface area (Å²) in [4.78, 5) is 0. The molecule has 0 saturated carbocycles. The Balaban J connectivity index is 2.58. The maximum Gasteiger partial charge on any atom is 0.131 e. The third-order valence-corrected chi connectivity index (χ3v) is 2.34. The average Bonchev–Trinajstić information content (AvgIpc) is 2.15. The number of hydrogen-bond donors (Lipinski definition) is 2. The second kappa shape index (κ2) is 3.85. The molecule has 0 unspecified atom stereocenters. The first-order valence-corrected chi connectivity index (χ1v) is 4.86. The van der Waals surface area contributed by atoms with Crippen LogP contribution in [0.15, 0.2) is 36.4 Å². The van der Waals surface area contributed by atoms with Gasteiger partial charge in [0.25, 0.3) is 0 Å². The van der Waals surface area contributed by atoms with Gasteiger partial charge in [0, 0.05) is 11.6 Å². The summed E-state index contributed by atoms with van der Waals surface area (Å²) in [7, 11) is 0. The summed E-state index contributed by atoms with van der Waals surface area (Å²) >= 11 is 0. The van der Waals surface area contributed by atoms with Crippen LogP contribution in [0.25, 0.3) is 11.1 Å². The van der Waals surface area contributed by atoms with E-state index in [-0.39, 0.29) is 17.3 Å². The van der Waals surface area contributed by atoms with Crippen molar-refractivity contribution in [1.82, 2.24) is 0 Å². The van der Waals surface area contributed by atoms with Gasteiger partial charge in [-0.05, 0) is 36.2 Å². The fraction of sp³-hybridized carbons (Fsp3) is 0.0769. The van der Waals surface area contributed by atoms with Crippen molar-refractivity contribution in [2.75, 3.05) is 0 Å². The van der Waals surface area contributed by atoms with Gasteiger partial charge in [0.1, 0.15) is 17.3 Å². The van der Waals surface area contributed by atoms with Gasteiger partial charge >= 0.3 is 0 Å². The number of benzene rings is 2. The Hall–Kier alpha value is -2.03. The molecule has 0 aliphatic rings. The molecule has 2 aromatic carbocycles. The van der Waals surface area contributed by atoms with Gasteiger partial charge < -0.3 is 10.2 Å². The van der Waals surface area contributed by atoms with Crippen LogP contribution in [0.2, 0.25) is 0 Å². The summed E-state index contributed by atoms with van der Waals surface area (Å²) in [5, 5.41) is 18.6. The molecular weight excluding hydrogens is 207 g/mol. The van der Waals surface area contributed by atoms with E-state index in [1.807, 2.05) is 0 Å². The van der Waals surface area contributed by atoms with E-state index in [1.54, 1.807) is 19.1 Å². The lowest BCUT2D eigenvalue weighted by atomic mass is 10.0. The number of phenols is 2. The maximum atomic E-state index is 13.6. The van der Waals surface area contributed by atoms with Crippen molar-refractivity contribution in [3.8, 4) is 22.6 Å². The highest BCUT2D eigenvalue weighted by Gasteiger charge is 2.07. The van der Waals surface area contributed by atoms with E-state index < -0.39 is 0 Å². The molecule has 3 heteroatoms. The zero-order chi connectivity index (χ0) is 11.7. The monoisotopic (exact) mass is 218 g/mol. The Labute approximate surface area is 92.6 Å². The van der Waals surface area contributed by atoms with Crippen molar-refractivity contribution in [3.05, 3.63) is 47.8 Å². The Kier molecular flexibility index (Phi) is 2.52. The zero-order valence-electron chi connectivity index (χ0n) is 8.74. The lowest BCUT2D eigenvalue weighted by molar-refractivity contribution is 0.451. The molecule has 82 valence electrons. The Bertz CT molecular complexity index is 515. The van der Waals surface area contributed by atoms with E-state index in [4.69, 9.17) is 0 Å². The molecule has 0 amide bonds. The van der Waals surface area contributed by atoms with E-state index in [9.17, 15) is 14.6 Å². The molecule has 2 aromatic rings. The molecule has 0 spiro atoms. The summed E-state index contributed by atoms with van der Waals surface area (Å²) < 4.78 is 13.6. The number of hydrogen-bond acceptors (Lipinski definition) is 2. The molecule has 0 heterocycles. The first kappa shape index (κ1) is 10.5. The lowest BCUT2D eigenvalue weighted by Gasteiger charge is -2.06. The first-order valence-electron chi connectivity index (χ1n) is 4.86. The Morgan fingerprint density at radius 2 is 1.56 bits per heavy atom. The third kappa shape index (κ3) is 1.98. The van der Waals surface area contributed by atoms with Gasteiger partial charge in [0.05, 0.1) is 0 Å². The van der Waals surface area contributed by atoms with E-state index in [1.165, 1.54) is 24.3 Å². The molecule has 0 saturated heterocycles. The quantitative estimate of drug-likeness (QED) is 0.771. The van der Waals surface area contributed by atoms with E-state index >= 15 is 0 Å². The first-order chi connectivity index (χ1) is 7.56. The number of aromatic hydroxyl groups is 2. The van der Waals surface area contributed by atoms with Crippen LogP contribution in [0, 0.1) is 12.7 Å². The highest BCUT2D eigenvalue weighted by atomic mass is 19.1. The van der Waals surface area contributed by atoms with Crippen LogP contribution in [0.3, 0.4) is 0 Å². The second-order valence-corrected chi connectivity index (χ2v) is 3.72. The highest BCUT2D eigenvalue weighted by molar-refractivity contribution is 5.67. The number of halogens is 1. The summed E-state index contributed by atoms with van der Waals surface area (Å²) in [5.74, 6) is -0.546. The molecule has 16 heavy (non-hydrogen) atoms. The maximum absolute atomic E-state index is 13.6. The Morgan fingerprint density at radius 1 is 0.938 bits per heavy atom. The van der Waals surface area contributed by atoms with Gasteiger partial charge in [-0.1, -0.05) is 12.1 Å². The predicted molar refractivity (Wildman–Crippen MR) is 59.9 cm³/mol. The fourth-order valence-corrected chi connectivity index (χ4v) is 1.60. The third-order valence-electron chi connectivity index (χ3n) is 2.34. The van der Waals surface area contributed by atoms with E-state index in [0.29, 0.717) is 11.1 Å². The zero-order valence-corrected chi connectivity index (χ0v) is 8.74. The minimum atomic E-state index is -0.370. The number of rotatable bonds is 1. The standard InChI is InChI=1S/C13H11FO2/c1-8-2-3-12(13(14)4-8)9-5-10(15)7-11(16)6-9/h2-7,15-16H,1H3. The Morgan fingerprint density at radius 3 is 2.12 bits per heavy atom. The smallest absolute Gasteiger partial charge is 0.131 e. The lowest BCUT2D eigenvalue weighted by Crippen LogP contribution is -1.85. The van der Waals surface area contributed by atoms with Crippen LogP contribution in [0.1, 0.15) is 5.56 Å². The molecule has 2 nitrogen and oxygen atoms in total. The van der Waals surface area contributed by atoms with Crippen molar-refractivity contribution < 1.29 is 14.6 Å². The van der Waals surface area contributed by atoms with Gasteiger partial charge in [0.15, 0.2) is 0 Å². The molecule has 2 N–H and O–H groups in total. The van der Waals surface area contributed by atoms with Gasteiger partial charge in [-0.25, -0.2) is 4.39 Å². The molecule has 0 fully saturated rings. The van der Waals surface area contributed by atoms with Gasteiger partial charge in [-0.3, -0.25) is 0 Å². The molecule has 0 radical (unpaired) electrons. The van der Waals surface area contributed by atoms with Crippen LogP contribution in [-0.4, -0.2) is 10.2 Å². The summed E-state index contributed by atoms with van der Waals surface area (Å²) in [6.07, 6.45) is 0. The van der Waals surface area contributed by atoms with Crippen molar-refractivity contribution in [1.29, 1.82) is 0 Å². The normalized spacial score (nSPS) is 10.4. The summed E-state index contributed by atoms with van der Waals surface area (Å²) in [6.45, 7) is 1.80. The number of aryl methyl sites for hydroxylation is 1. The molecule has 0 aliphatic heterocycles. The minimum Gasteiger partial charge on any atom is -0.508 e. The SMILES string of the molecule is Cc1ccc(-c2cc(O)cc(O)c2)c(F)c1. The van der Waals surface area contributed by atoms with Crippen LogP contribution in [0.4, 0.5) is 4.39 Å². The second-order valence-electron chi connectivity index (χ2n) is 3.72. The van der Waals surface area contributed by atoms with Gasteiger partial charge in [-0.2, -0.15) is 0 Å². The van der Waals surface area contributed by atoms with Crippen LogP contribution < -0.4 is 0 Å². The summed E-state index contributed by atoms with van der Waals surface area (Å²) in [5.41, 5.74) is 1.64. The minimum absolute atomic E-state index is 0.0880. The van der Waals surface area contributed by atoms with Crippen molar-refractivity contribution in [3.63, 3.8) is 0 Å². The molecule has 0 atom stereocenters. The fourth-order valence-electron chi connectivity index (χ4n) is 1.60. The molecule has 0 aromatic heterocycles. The molecule has 0 bridgehead atoms. The van der Waals surface area contributed by atoms with E-state index in [0.717, 1.165) is 5.56 Å². The van der Waals surface area contributed by atoms with Crippen molar-refractivity contribution in [2.24, 2.45) is 0 Å². The van der Waals surface area contributed by atoms with Crippen LogP contribution >= 0.6 is 0 Å². The highest BCUT2D eigenvalue weighted by Crippen LogP contribution is 2.30. The van der Waals surface area contributed by atoms with Crippen molar-refractivity contribution in [2.45, 2.75) is 6.92 Å². The average molecular weight is 218 g/mol. The predicted octanol–water partition coefficient (Wildman–Crippen LogP) is 3.21. The van der Waals surface area contributed by atoms with Crippen LogP contribution in [-0.2, 0) is 0 Å². The van der Waals surface area contributed by atoms with E-state index in [2.05, 4.69) is 0 Å². The van der Waals surface area contributed by atoms with Crippen molar-refractivity contribution >= 4 is 0 Å². The molecule has 0 aliphatic carbocycles.